The fraction of sp³-hybridized carbons (Fsp3) is 0.0833. The highest BCUT2D eigenvalue weighted by Gasteiger charge is 2.19. The molecule has 0 fully saturated rings. The molecule has 1 amide bonds. The summed E-state index contributed by atoms with van der Waals surface area (Å²) in [5, 5.41) is 0. The fourth-order valence-electron chi connectivity index (χ4n) is 1.25. The van der Waals surface area contributed by atoms with E-state index in [1.165, 1.54) is 6.34 Å². The number of carbonyl (C=O) groups is 1. The number of amides is 1. The third kappa shape index (κ3) is 2.78. The molecule has 0 radical (unpaired) electrons. The summed E-state index contributed by atoms with van der Waals surface area (Å²) in [6.07, 6.45) is 6.16. The van der Waals surface area contributed by atoms with Gasteiger partial charge in [-0.3, -0.25) is 9.78 Å². The van der Waals surface area contributed by atoms with Crippen LogP contribution in [0.4, 0.5) is 0 Å². The molecule has 0 saturated heterocycles. The van der Waals surface area contributed by atoms with Crippen molar-refractivity contribution >= 4 is 24.3 Å². The highest BCUT2D eigenvalue weighted by atomic mass is 16.1. The van der Waals surface area contributed by atoms with Crippen LogP contribution in [-0.4, -0.2) is 29.3 Å². The zero-order chi connectivity index (χ0) is 12.1. The van der Waals surface area contributed by atoms with Gasteiger partial charge in [0, 0.05) is 18.1 Å². The third-order valence-electron chi connectivity index (χ3n) is 2.08. The standard InChI is InChI=1S/C6H3N3O.C6H7N/c10-6-4-1-2-7-5(4)8-3-9-6;1-6-4-2-3-5-7-6/h1-3H;2-5H,1H3. The predicted molar refractivity (Wildman–Crippen MR) is 66.5 cm³/mol. The minimum Gasteiger partial charge on any atom is -0.267 e. The van der Waals surface area contributed by atoms with Crippen molar-refractivity contribution in [1.82, 2.24) is 4.98 Å². The smallest absolute Gasteiger partial charge is 0.267 e. The second kappa shape index (κ2) is 5.07. The molecule has 17 heavy (non-hydrogen) atoms. The van der Waals surface area contributed by atoms with E-state index in [0.29, 0.717) is 11.4 Å². The van der Waals surface area contributed by atoms with Crippen molar-refractivity contribution in [3.63, 3.8) is 0 Å². The lowest BCUT2D eigenvalue weighted by Gasteiger charge is -1.98. The molecule has 0 atom stereocenters. The quantitative estimate of drug-likeness (QED) is 0.670. The van der Waals surface area contributed by atoms with Crippen LogP contribution in [0.3, 0.4) is 0 Å². The van der Waals surface area contributed by atoms with Crippen LogP contribution in [0.5, 0.6) is 0 Å². The molecule has 2 aliphatic rings. The lowest BCUT2D eigenvalue weighted by molar-refractivity contribution is -0.113. The van der Waals surface area contributed by atoms with E-state index in [0.717, 1.165) is 5.69 Å². The van der Waals surface area contributed by atoms with Crippen molar-refractivity contribution in [1.29, 1.82) is 0 Å². The maximum Gasteiger partial charge on any atom is 0.282 e. The van der Waals surface area contributed by atoms with Crippen molar-refractivity contribution in [2.24, 2.45) is 15.0 Å². The lowest BCUT2D eigenvalue weighted by atomic mass is 10.2. The molecular weight excluding hydrogens is 216 g/mol. The molecule has 0 N–H and O–H groups in total. The first kappa shape index (κ1) is 11.1. The van der Waals surface area contributed by atoms with Gasteiger partial charge in [-0.1, -0.05) is 6.07 Å². The average molecular weight is 226 g/mol. The zero-order valence-electron chi connectivity index (χ0n) is 9.24. The fourth-order valence-corrected chi connectivity index (χ4v) is 1.25. The van der Waals surface area contributed by atoms with Crippen molar-refractivity contribution < 1.29 is 4.79 Å². The second-order valence-corrected chi connectivity index (χ2v) is 3.33. The topological polar surface area (TPSA) is 67.0 Å². The number of hydrogen-bond donors (Lipinski definition) is 0. The number of aromatic nitrogens is 1. The lowest BCUT2D eigenvalue weighted by Crippen LogP contribution is -2.10. The molecule has 0 spiro atoms. The van der Waals surface area contributed by atoms with Gasteiger partial charge in [-0.2, -0.15) is 4.99 Å². The van der Waals surface area contributed by atoms with E-state index in [1.807, 2.05) is 25.1 Å². The van der Waals surface area contributed by atoms with E-state index in [2.05, 4.69) is 20.0 Å². The summed E-state index contributed by atoms with van der Waals surface area (Å²) in [5.74, 6) is 0.211. The van der Waals surface area contributed by atoms with Crippen LogP contribution in [0.15, 0.2) is 51.0 Å². The number of aliphatic imine (C=N–C) groups is 3. The highest BCUT2D eigenvalue weighted by molar-refractivity contribution is 6.31. The first-order valence-corrected chi connectivity index (χ1v) is 5.04. The summed E-state index contributed by atoms with van der Waals surface area (Å²) in [4.78, 5) is 25.9. The zero-order valence-corrected chi connectivity index (χ0v) is 9.24. The van der Waals surface area contributed by atoms with Crippen LogP contribution in [0.1, 0.15) is 5.69 Å². The molecule has 3 heterocycles. The number of pyridine rings is 1. The summed E-state index contributed by atoms with van der Waals surface area (Å²) in [6, 6.07) is 5.86. The number of rotatable bonds is 0. The van der Waals surface area contributed by atoms with Crippen LogP contribution in [-0.2, 0) is 4.79 Å². The van der Waals surface area contributed by atoms with Crippen LogP contribution in [0.2, 0.25) is 0 Å². The van der Waals surface area contributed by atoms with E-state index < -0.39 is 0 Å². The maximum absolute atomic E-state index is 10.8. The molecule has 0 bridgehead atoms. The molecule has 84 valence electrons. The SMILES string of the molecule is Cc1ccccn1.O=C1N=CN=C2N=CC=C12. The molecule has 0 unspecified atom stereocenters. The molecule has 1 aromatic rings. The van der Waals surface area contributed by atoms with Gasteiger partial charge < -0.3 is 0 Å². The molecule has 5 heteroatoms. The Labute approximate surface area is 98.4 Å². The number of nitrogens with zero attached hydrogens (tertiary/aromatic N) is 4. The normalized spacial score (nSPS) is 15.7. The highest BCUT2D eigenvalue weighted by Crippen LogP contribution is 2.09. The summed E-state index contributed by atoms with van der Waals surface area (Å²) in [7, 11) is 0. The van der Waals surface area contributed by atoms with Gasteiger partial charge in [0.25, 0.3) is 5.91 Å². The largest absolute Gasteiger partial charge is 0.282 e. The molecular formula is C12H10N4O. The van der Waals surface area contributed by atoms with E-state index >= 15 is 0 Å². The summed E-state index contributed by atoms with van der Waals surface area (Å²) in [6.45, 7) is 1.97. The Morgan fingerprint density at radius 2 is 2.06 bits per heavy atom. The maximum atomic E-state index is 10.8. The summed E-state index contributed by atoms with van der Waals surface area (Å²) >= 11 is 0. The van der Waals surface area contributed by atoms with Gasteiger partial charge >= 0.3 is 0 Å². The van der Waals surface area contributed by atoms with Gasteiger partial charge in [0.2, 0.25) is 0 Å². The number of hydrogen-bond acceptors (Lipinski definition) is 4. The van der Waals surface area contributed by atoms with Gasteiger partial charge in [0.1, 0.15) is 6.34 Å². The van der Waals surface area contributed by atoms with Gasteiger partial charge in [0.05, 0.1) is 5.57 Å². The van der Waals surface area contributed by atoms with Crippen LogP contribution < -0.4 is 0 Å². The van der Waals surface area contributed by atoms with Gasteiger partial charge in [0.15, 0.2) is 5.84 Å². The van der Waals surface area contributed by atoms with E-state index in [-0.39, 0.29) is 5.91 Å². The van der Waals surface area contributed by atoms with Crippen molar-refractivity contribution in [2.45, 2.75) is 6.92 Å². The Balaban J connectivity index is 0.000000136. The summed E-state index contributed by atoms with van der Waals surface area (Å²) in [5.41, 5.74) is 1.56. The van der Waals surface area contributed by atoms with Gasteiger partial charge in [-0.15, -0.1) is 0 Å². The molecule has 0 saturated carbocycles. The van der Waals surface area contributed by atoms with E-state index in [4.69, 9.17) is 0 Å². The molecule has 0 aromatic carbocycles. The van der Waals surface area contributed by atoms with Crippen LogP contribution in [0.25, 0.3) is 0 Å². The molecule has 0 aliphatic carbocycles. The Bertz CT molecular complexity index is 535. The average Bonchev–Trinajstić information content (AvgIpc) is 2.80. The Hall–Kier alpha value is -2.43. The van der Waals surface area contributed by atoms with Crippen molar-refractivity contribution in [2.75, 3.05) is 0 Å². The number of fused-ring (bicyclic) bond motifs is 1. The van der Waals surface area contributed by atoms with Crippen molar-refractivity contribution in [3.05, 3.63) is 41.7 Å². The minimum absolute atomic E-state index is 0.262. The van der Waals surface area contributed by atoms with E-state index in [1.54, 1.807) is 18.5 Å². The first-order chi connectivity index (χ1) is 8.27. The van der Waals surface area contributed by atoms with Gasteiger partial charge in [-0.25, -0.2) is 9.98 Å². The number of carbonyl (C=O) groups excluding carboxylic acids is 1. The minimum atomic E-state index is -0.262. The Kier molecular flexibility index (Phi) is 3.30. The first-order valence-electron chi connectivity index (χ1n) is 5.04. The number of amidine groups is 1. The predicted octanol–water partition coefficient (Wildman–Crippen LogP) is 1.35. The van der Waals surface area contributed by atoms with Crippen molar-refractivity contribution in [3.8, 4) is 0 Å². The number of allylic oxidation sites excluding steroid dienone is 1. The number of aryl methyl sites for hydroxylation is 1. The summed E-state index contributed by atoms with van der Waals surface area (Å²) < 4.78 is 0. The molecule has 5 nitrogen and oxygen atoms in total. The molecule has 3 rings (SSSR count). The molecule has 1 aromatic heterocycles. The Morgan fingerprint density at radius 1 is 1.18 bits per heavy atom. The molecule has 2 aliphatic heterocycles. The Morgan fingerprint density at radius 3 is 2.65 bits per heavy atom. The third-order valence-corrected chi connectivity index (χ3v) is 2.08. The second-order valence-electron chi connectivity index (χ2n) is 3.33. The van der Waals surface area contributed by atoms with Crippen LogP contribution >= 0.6 is 0 Å². The van der Waals surface area contributed by atoms with Crippen LogP contribution in [0, 0.1) is 6.92 Å². The van der Waals surface area contributed by atoms with Gasteiger partial charge in [-0.05, 0) is 25.1 Å². The van der Waals surface area contributed by atoms with E-state index in [9.17, 15) is 4.79 Å². The monoisotopic (exact) mass is 226 g/mol.